The third-order valence-electron chi connectivity index (χ3n) is 3.33. The quantitative estimate of drug-likeness (QED) is 0.325. The normalized spacial score (nSPS) is 22.7. The van der Waals surface area contributed by atoms with Crippen molar-refractivity contribution in [2.45, 2.75) is 40.5 Å². The van der Waals surface area contributed by atoms with Gasteiger partial charge in [-0.1, -0.05) is 27.7 Å². The van der Waals surface area contributed by atoms with Crippen LogP contribution in [0.3, 0.4) is 0 Å². The van der Waals surface area contributed by atoms with Crippen molar-refractivity contribution in [2.75, 3.05) is 19.6 Å². The largest absolute Gasteiger partial charge is 0.342 e. The van der Waals surface area contributed by atoms with E-state index in [1.54, 1.807) is 0 Å². The first-order chi connectivity index (χ1) is 7.49. The number of aliphatic imine (C=N–C) groups is 1. The van der Waals surface area contributed by atoms with E-state index in [0.29, 0.717) is 5.41 Å². The zero-order valence-electron chi connectivity index (χ0n) is 11.1. The molecule has 1 saturated heterocycles. The molecular weight excluding hydrogens is 200 g/mol. The van der Waals surface area contributed by atoms with Gasteiger partial charge in [0.05, 0.1) is 0 Å². The first-order valence-electron chi connectivity index (χ1n) is 6.25. The molecule has 1 rings (SSSR count). The van der Waals surface area contributed by atoms with Gasteiger partial charge in [0.2, 0.25) is 5.96 Å². The molecule has 3 N–H and O–H groups in total. The van der Waals surface area contributed by atoms with Crippen LogP contribution in [0.4, 0.5) is 0 Å². The molecule has 4 heteroatoms. The maximum atomic E-state index is 5.53. The maximum absolute atomic E-state index is 5.53. The highest BCUT2D eigenvalue weighted by molar-refractivity contribution is 5.79. The van der Waals surface area contributed by atoms with E-state index in [-0.39, 0.29) is 0 Å². The van der Waals surface area contributed by atoms with Crippen molar-refractivity contribution < 1.29 is 0 Å². The van der Waals surface area contributed by atoms with Gasteiger partial charge in [-0.2, -0.15) is 0 Å². The smallest absolute Gasteiger partial charge is 0.208 e. The predicted molar refractivity (Wildman–Crippen MR) is 69.1 cm³/mol. The fourth-order valence-electron chi connectivity index (χ4n) is 2.11. The van der Waals surface area contributed by atoms with Crippen LogP contribution >= 0.6 is 0 Å². The van der Waals surface area contributed by atoms with E-state index in [1.807, 2.05) is 0 Å². The molecule has 0 spiro atoms. The van der Waals surface area contributed by atoms with Crippen LogP contribution in [0.25, 0.3) is 0 Å². The Morgan fingerprint density at radius 3 is 2.62 bits per heavy atom. The Kier molecular flexibility index (Phi) is 4.59. The Labute approximate surface area is 99.3 Å². The summed E-state index contributed by atoms with van der Waals surface area (Å²) in [5, 5.41) is 0. The van der Waals surface area contributed by atoms with Crippen LogP contribution in [0.2, 0.25) is 0 Å². The molecule has 1 aliphatic rings. The molecule has 0 aromatic carbocycles. The molecule has 0 aliphatic carbocycles. The van der Waals surface area contributed by atoms with E-state index in [2.05, 4.69) is 43.0 Å². The number of nitrogens with one attached hydrogen (secondary N) is 1. The van der Waals surface area contributed by atoms with E-state index >= 15 is 0 Å². The molecule has 0 saturated carbocycles. The number of hydrazine groups is 1. The summed E-state index contributed by atoms with van der Waals surface area (Å²) in [5.74, 6) is 7.11. The Morgan fingerprint density at radius 2 is 2.19 bits per heavy atom. The van der Waals surface area contributed by atoms with E-state index in [9.17, 15) is 0 Å². The minimum atomic E-state index is 0.374. The topological polar surface area (TPSA) is 53.6 Å². The molecule has 1 unspecified atom stereocenters. The van der Waals surface area contributed by atoms with Crippen molar-refractivity contribution in [2.24, 2.45) is 22.2 Å². The lowest BCUT2D eigenvalue weighted by molar-refractivity contribution is 0.249. The van der Waals surface area contributed by atoms with Crippen LogP contribution in [0.15, 0.2) is 4.99 Å². The molecular formula is C12H26N4. The summed E-state index contributed by atoms with van der Waals surface area (Å²) < 4.78 is 0. The van der Waals surface area contributed by atoms with E-state index < -0.39 is 0 Å². The number of rotatable bonds is 2. The van der Waals surface area contributed by atoms with E-state index in [4.69, 9.17) is 5.84 Å². The fraction of sp³-hybridized carbons (Fsp3) is 0.917. The summed E-state index contributed by atoms with van der Waals surface area (Å²) in [6, 6.07) is 0. The first kappa shape index (κ1) is 13.3. The van der Waals surface area contributed by atoms with Gasteiger partial charge in [0.1, 0.15) is 0 Å². The summed E-state index contributed by atoms with van der Waals surface area (Å²) in [7, 11) is 0. The van der Waals surface area contributed by atoms with Crippen molar-refractivity contribution in [3.8, 4) is 0 Å². The number of likely N-dealkylation sites (tertiary alicyclic amines) is 1. The van der Waals surface area contributed by atoms with Crippen LogP contribution in [0, 0.1) is 11.3 Å². The molecule has 16 heavy (non-hydrogen) atoms. The lowest BCUT2D eigenvalue weighted by Gasteiger charge is -2.27. The molecule has 1 aliphatic heterocycles. The van der Waals surface area contributed by atoms with Crippen molar-refractivity contribution in [1.82, 2.24) is 10.3 Å². The van der Waals surface area contributed by atoms with Crippen molar-refractivity contribution in [3.63, 3.8) is 0 Å². The highest BCUT2D eigenvalue weighted by Gasteiger charge is 2.32. The molecule has 0 amide bonds. The molecule has 4 nitrogen and oxygen atoms in total. The molecule has 94 valence electrons. The average Bonchev–Trinajstić information content (AvgIpc) is 2.68. The van der Waals surface area contributed by atoms with Gasteiger partial charge in [-0.25, -0.2) is 5.84 Å². The summed E-state index contributed by atoms with van der Waals surface area (Å²) in [4.78, 5) is 6.74. The van der Waals surface area contributed by atoms with Gasteiger partial charge in [-0.05, 0) is 24.2 Å². The highest BCUT2D eigenvalue weighted by atomic mass is 15.4. The Bertz CT molecular complexity index is 242. The van der Waals surface area contributed by atoms with E-state index in [0.717, 1.165) is 37.9 Å². The maximum Gasteiger partial charge on any atom is 0.208 e. The third-order valence-corrected chi connectivity index (χ3v) is 3.33. The number of guanidine groups is 1. The SMILES string of the molecule is CCCN=C(NN)N1CCC(C(C)(C)C)C1. The predicted octanol–water partition coefficient (Wildman–Crippen LogP) is 1.58. The van der Waals surface area contributed by atoms with Crippen molar-refractivity contribution >= 4 is 5.96 Å². The second-order valence-electron chi connectivity index (χ2n) is 5.65. The lowest BCUT2D eigenvalue weighted by Crippen LogP contribution is -2.44. The number of nitrogens with zero attached hydrogens (tertiary/aromatic N) is 2. The van der Waals surface area contributed by atoms with Crippen LogP contribution in [-0.2, 0) is 0 Å². The first-order valence-corrected chi connectivity index (χ1v) is 6.25. The highest BCUT2D eigenvalue weighted by Crippen LogP contribution is 2.33. The van der Waals surface area contributed by atoms with Crippen LogP contribution < -0.4 is 11.3 Å². The van der Waals surface area contributed by atoms with Gasteiger partial charge in [0, 0.05) is 19.6 Å². The molecule has 1 atom stereocenters. The van der Waals surface area contributed by atoms with Crippen LogP contribution in [0.1, 0.15) is 40.5 Å². The summed E-state index contributed by atoms with van der Waals surface area (Å²) >= 11 is 0. The van der Waals surface area contributed by atoms with Gasteiger partial charge in [0.25, 0.3) is 0 Å². The summed E-state index contributed by atoms with van der Waals surface area (Å²) in [6.45, 7) is 12.0. The van der Waals surface area contributed by atoms with Crippen molar-refractivity contribution in [3.05, 3.63) is 0 Å². The monoisotopic (exact) mass is 226 g/mol. The number of nitrogens with two attached hydrogens (primary N) is 1. The summed E-state index contributed by atoms with van der Waals surface area (Å²) in [6.07, 6.45) is 2.29. The Morgan fingerprint density at radius 1 is 1.50 bits per heavy atom. The molecule has 0 aromatic heterocycles. The van der Waals surface area contributed by atoms with Gasteiger partial charge in [0.15, 0.2) is 0 Å². The molecule has 0 radical (unpaired) electrons. The number of hydrogen-bond acceptors (Lipinski definition) is 2. The van der Waals surface area contributed by atoms with Crippen LogP contribution in [0.5, 0.6) is 0 Å². The van der Waals surface area contributed by atoms with Gasteiger partial charge in [-0.3, -0.25) is 10.4 Å². The second kappa shape index (κ2) is 5.53. The minimum absolute atomic E-state index is 0.374. The lowest BCUT2D eigenvalue weighted by atomic mass is 9.80. The van der Waals surface area contributed by atoms with Gasteiger partial charge >= 0.3 is 0 Å². The minimum Gasteiger partial charge on any atom is -0.342 e. The van der Waals surface area contributed by atoms with Gasteiger partial charge < -0.3 is 4.90 Å². The number of hydrogen-bond donors (Lipinski definition) is 2. The standard InChI is InChI=1S/C12H26N4/c1-5-7-14-11(15-13)16-8-6-10(9-16)12(2,3)4/h10H,5-9,13H2,1-4H3,(H,14,15). The van der Waals surface area contributed by atoms with Gasteiger partial charge in [-0.15, -0.1) is 0 Å². The van der Waals surface area contributed by atoms with Crippen LogP contribution in [-0.4, -0.2) is 30.5 Å². The summed E-state index contributed by atoms with van der Waals surface area (Å²) in [5.41, 5.74) is 3.10. The van der Waals surface area contributed by atoms with Crippen molar-refractivity contribution in [1.29, 1.82) is 0 Å². The Balaban J connectivity index is 2.57. The Hall–Kier alpha value is -0.770. The average molecular weight is 226 g/mol. The molecule has 0 bridgehead atoms. The second-order valence-corrected chi connectivity index (χ2v) is 5.65. The molecule has 1 heterocycles. The zero-order chi connectivity index (χ0) is 12.2. The molecule has 0 aromatic rings. The third kappa shape index (κ3) is 3.37. The fourth-order valence-corrected chi connectivity index (χ4v) is 2.11. The van der Waals surface area contributed by atoms with E-state index in [1.165, 1.54) is 6.42 Å². The molecule has 1 fully saturated rings. The zero-order valence-corrected chi connectivity index (χ0v) is 11.1.